The number of rotatable bonds is 8. The van der Waals surface area contributed by atoms with Crippen molar-refractivity contribution in [2.75, 3.05) is 14.1 Å². The molecule has 0 aliphatic heterocycles. The number of carbonyl (C=O) groups is 1. The lowest BCUT2D eigenvalue weighted by Crippen LogP contribution is -2.23. The van der Waals surface area contributed by atoms with Crippen molar-refractivity contribution >= 4 is 17.4 Å². The average Bonchev–Trinajstić information content (AvgIpc) is 2.69. The van der Waals surface area contributed by atoms with Crippen LogP contribution in [0.2, 0.25) is 5.02 Å². The van der Waals surface area contributed by atoms with E-state index in [1.54, 1.807) is 36.5 Å². The minimum atomic E-state index is -0.302. The number of Topliss-reactive ketones (excluding diaryl/α,β-unsaturated/α-hetero) is 1. The normalized spacial score (nSPS) is 10.9. The third-order valence-electron chi connectivity index (χ3n) is 4.23. The molecule has 0 unspecified atom stereocenters. The highest BCUT2D eigenvalue weighted by Crippen LogP contribution is 2.12. The van der Waals surface area contributed by atoms with Crippen LogP contribution in [-0.4, -0.2) is 34.3 Å². The number of pyridine rings is 2. The van der Waals surface area contributed by atoms with E-state index in [9.17, 15) is 9.59 Å². The highest BCUT2D eigenvalue weighted by molar-refractivity contribution is 6.30. The summed E-state index contributed by atoms with van der Waals surface area (Å²) in [5, 5.41) is 0.549. The lowest BCUT2D eigenvalue weighted by atomic mass is 10.1. The molecule has 29 heavy (non-hydrogen) atoms. The molecule has 3 aromatic rings. The van der Waals surface area contributed by atoms with Gasteiger partial charge >= 0.3 is 0 Å². The predicted molar refractivity (Wildman–Crippen MR) is 112 cm³/mol. The van der Waals surface area contributed by atoms with Gasteiger partial charge in [0.25, 0.3) is 5.56 Å². The van der Waals surface area contributed by atoms with Crippen LogP contribution in [0, 0.1) is 0 Å². The van der Waals surface area contributed by atoms with Crippen LogP contribution in [0.5, 0.6) is 5.75 Å². The van der Waals surface area contributed by atoms with Crippen LogP contribution >= 0.6 is 11.6 Å². The van der Waals surface area contributed by atoms with Gasteiger partial charge in [-0.1, -0.05) is 35.9 Å². The number of carbonyl (C=O) groups excluding carboxylic acids is 1. The van der Waals surface area contributed by atoms with Gasteiger partial charge in [0, 0.05) is 30.6 Å². The van der Waals surface area contributed by atoms with Gasteiger partial charge in [0.2, 0.25) is 0 Å². The molecule has 0 fully saturated rings. The number of hydrogen-bond acceptors (Lipinski definition) is 5. The van der Waals surface area contributed by atoms with Gasteiger partial charge in [-0.05, 0) is 37.9 Å². The van der Waals surface area contributed by atoms with Crippen LogP contribution in [0.1, 0.15) is 21.6 Å². The van der Waals surface area contributed by atoms with Crippen LogP contribution in [0.25, 0.3) is 0 Å². The molecule has 0 radical (unpaired) electrons. The maximum atomic E-state index is 12.5. The first-order valence-corrected chi connectivity index (χ1v) is 9.49. The fourth-order valence-electron chi connectivity index (χ4n) is 2.77. The van der Waals surface area contributed by atoms with Gasteiger partial charge in [-0.3, -0.25) is 14.6 Å². The Hall–Kier alpha value is -2.96. The number of aromatic nitrogens is 2. The van der Waals surface area contributed by atoms with Gasteiger partial charge in [0.05, 0.1) is 17.3 Å². The van der Waals surface area contributed by atoms with Gasteiger partial charge in [0.1, 0.15) is 12.4 Å². The lowest BCUT2D eigenvalue weighted by molar-refractivity contribution is 0.0970. The van der Waals surface area contributed by atoms with Crippen molar-refractivity contribution in [2.24, 2.45) is 0 Å². The summed E-state index contributed by atoms with van der Waals surface area (Å²) in [6.45, 7) is 1.00. The summed E-state index contributed by atoms with van der Waals surface area (Å²) in [4.78, 5) is 31.0. The van der Waals surface area contributed by atoms with Crippen LogP contribution in [0.15, 0.2) is 65.7 Å². The number of benzene rings is 1. The van der Waals surface area contributed by atoms with Gasteiger partial charge < -0.3 is 14.2 Å². The Morgan fingerprint density at radius 3 is 2.52 bits per heavy atom. The van der Waals surface area contributed by atoms with E-state index in [2.05, 4.69) is 9.88 Å². The van der Waals surface area contributed by atoms with E-state index in [-0.39, 0.29) is 24.5 Å². The van der Waals surface area contributed by atoms with E-state index in [0.29, 0.717) is 22.0 Å². The van der Waals surface area contributed by atoms with Crippen molar-refractivity contribution in [1.82, 2.24) is 14.5 Å². The summed E-state index contributed by atoms with van der Waals surface area (Å²) < 4.78 is 6.96. The maximum absolute atomic E-state index is 12.5. The Bertz CT molecular complexity index is 1030. The van der Waals surface area contributed by atoms with Crippen molar-refractivity contribution in [3.8, 4) is 5.75 Å². The zero-order valence-electron chi connectivity index (χ0n) is 16.3. The Balaban J connectivity index is 1.61. The first kappa shape index (κ1) is 20.8. The standard InChI is InChI=1S/C22H22ClN3O3/c1-25(2)13-16-3-5-17(6-4-16)21(27)14-26-10-9-20(11-22(26)28)29-15-19-8-7-18(23)12-24-19/h3-12H,13-15H2,1-2H3. The molecule has 2 heterocycles. The van der Waals surface area contributed by atoms with Crippen LogP contribution in [0.3, 0.4) is 0 Å². The minimum Gasteiger partial charge on any atom is -0.487 e. The summed E-state index contributed by atoms with van der Waals surface area (Å²) >= 11 is 5.80. The summed E-state index contributed by atoms with van der Waals surface area (Å²) in [6, 6.07) is 13.9. The van der Waals surface area contributed by atoms with E-state index in [0.717, 1.165) is 12.1 Å². The number of ketones is 1. The molecule has 7 heteroatoms. The highest BCUT2D eigenvalue weighted by Gasteiger charge is 2.09. The smallest absolute Gasteiger partial charge is 0.254 e. The Morgan fingerprint density at radius 2 is 1.90 bits per heavy atom. The van der Waals surface area contributed by atoms with E-state index in [4.69, 9.17) is 16.3 Å². The third-order valence-corrected chi connectivity index (χ3v) is 4.46. The molecule has 6 nitrogen and oxygen atoms in total. The average molecular weight is 412 g/mol. The second-order valence-corrected chi connectivity index (χ2v) is 7.38. The molecule has 0 bridgehead atoms. The number of halogens is 1. The number of ether oxygens (including phenoxy) is 1. The van der Waals surface area contributed by atoms with Crippen molar-refractivity contribution < 1.29 is 9.53 Å². The quantitative estimate of drug-likeness (QED) is 0.531. The molecule has 0 aliphatic carbocycles. The summed E-state index contributed by atoms with van der Waals surface area (Å²) in [7, 11) is 3.98. The molecular formula is C22H22ClN3O3. The van der Waals surface area contributed by atoms with Gasteiger partial charge in [-0.15, -0.1) is 0 Å². The van der Waals surface area contributed by atoms with Crippen LogP contribution in [0.4, 0.5) is 0 Å². The molecule has 2 aromatic heterocycles. The molecule has 0 aliphatic rings. The number of hydrogen-bond donors (Lipinski definition) is 0. The molecule has 0 saturated carbocycles. The van der Waals surface area contributed by atoms with Crippen molar-refractivity contribution in [1.29, 1.82) is 0 Å². The molecule has 0 atom stereocenters. The molecule has 0 saturated heterocycles. The fraction of sp³-hybridized carbons (Fsp3) is 0.227. The minimum absolute atomic E-state index is 0.0229. The maximum Gasteiger partial charge on any atom is 0.254 e. The summed E-state index contributed by atoms with van der Waals surface area (Å²) in [5.41, 5.74) is 2.10. The largest absolute Gasteiger partial charge is 0.487 e. The molecule has 150 valence electrons. The highest BCUT2D eigenvalue weighted by atomic mass is 35.5. The predicted octanol–water partition coefficient (Wildman–Crippen LogP) is 3.42. The zero-order valence-corrected chi connectivity index (χ0v) is 17.1. The molecule has 0 amide bonds. The zero-order chi connectivity index (χ0) is 20.8. The molecule has 0 spiro atoms. The Labute approximate surface area is 174 Å². The molecule has 1 aromatic carbocycles. The van der Waals surface area contributed by atoms with Crippen molar-refractivity contribution in [2.45, 2.75) is 19.7 Å². The van der Waals surface area contributed by atoms with Crippen LogP contribution in [-0.2, 0) is 19.7 Å². The summed E-state index contributed by atoms with van der Waals surface area (Å²) in [6.07, 6.45) is 3.10. The third kappa shape index (κ3) is 6.01. The van der Waals surface area contributed by atoms with Crippen molar-refractivity contribution in [3.63, 3.8) is 0 Å². The van der Waals surface area contributed by atoms with Gasteiger partial charge in [-0.2, -0.15) is 0 Å². The lowest BCUT2D eigenvalue weighted by Gasteiger charge is -2.10. The topological polar surface area (TPSA) is 64.4 Å². The van der Waals surface area contributed by atoms with Crippen LogP contribution < -0.4 is 10.3 Å². The fourth-order valence-corrected chi connectivity index (χ4v) is 2.88. The van der Waals surface area contributed by atoms with Gasteiger partial charge in [0.15, 0.2) is 5.78 Å². The second-order valence-electron chi connectivity index (χ2n) is 6.94. The molecular weight excluding hydrogens is 390 g/mol. The summed E-state index contributed by atoms with van der Waals surface area (Å²) in [5.74, 6) is 0.297. The SMILES string of the molecule is CN(C)Cc1ccc(C(=O)Cn2ccc(OCc3ccc(Cl)cn3)cc2=O)cc1. The Morgan fingerprint density at radius 1 is 1.14 bits per heavy atom. The van der Waals surface area contributed by atoms with Gasteiger partial charge in [-0.25, -0.2) is 0 Å². The molecule has 3 rings (SSSR count). The molecule has 0 N–H and O–H groups in total. The first-order chi connectivity index (χ1) is 13.9. The van der Waals surface area contributed by atoms with E-state index >= 15 is 0 Å². The van der Waals surface area contributed by atoms with E-state index in [1.807, 2.05) is 26.2 Å². The van der Waals surface area contributed by atoms with E-state index in [1.165, 1.54) is 16.8 Å². The Kier molecular flexibility index (Phi) is 6.80. The first-order valence-electron chi connectivity index (χ1n) is 9.11. The monoisotopic (exact) mass is 411 g/mol. The van der Waals surface area contributed by atoms with Crippen molar-refractivity contribution in [3.05, 3.63) is 93.1 Å². The van der Waals surface area contributed by atoms with E-state index < -0.39 is 0 Å². The second kappa shape index (κ2) is 9.49. The number of nitrogens with zero attached hydrogens (tertiary/aromatic N) is 3.